The summed E-state index contributed by atoms with van der Waals surface area (Å²) in [4.78, 5) is 11.5. The summed E-state index contributed by atoms with van der Waals surface area (Å²) in [6.07, 6.45) is 8.83. The first-order valence-electron chi connectivity index (χ1n) is 7.89. The lowest BCUT2D eigenvalue weighted by atomic mass is 10.1. The third-order valence-corrected chi connectivity index (χ3v) is 3.74. The van der Waals surface area contributed by atoms with E-state index in [2.05, 4.69) is 24.3 Å². The van der Waals surface area contributed by atoms with Gasteiger partial charge < -0.3 is 20.1 Å². The second-order valence-electron chi connectivity index (χ2n) is 5.41. The van der Waals surface area contributed by atoms with Crippen molar-refractivity contribution in [3.63, 3.8) is 0 Å². The summed E-state index contributed by atoms with van der Waals surface area (Å²) in [5.74, 6) is -0.622. The van der Waals surface area contributed by atoms with Crippen LogP contribution >= 0.6 is 12.6 Å². The van der Waals surface area contributed by atoms with E-state index in [1.807, 2.05) is 0 Å². The monoisotopic (exact) mass is 322 g/mol. The molecule has 2 unspecified atom stereocenters. The number of carbonyl (C=O) groups is 1. The van der Waals surface area contributed by atoms with Gasteiger partial charge in [-0.2, -0.15) is 0 Å². The topological polar surface area (TPSA) is 87.0 Å². The van der Waals surface area contributed by atoms with Gasteiger partial charge in [0.25, 0.3) is 5.12 Å². The molecule has 0 bridgehead atoms. The lowest BCUT2D eigenvalue weighted by molar-refractivity contribution is -0.205. The minimum Gasteiger partial charge on any atom is -0.420 e. The molecule has 0 aliphatic heterocycles. The first kappa shape index (κ1) is 20.7. The molecule has 21 heavy (non-hydrogen) atoms. The van der Waals surface area contributed by atoms with Crippen LogP contribution in [0.5, 0.6) is 0 Å². The van der Waals surface area contributed by atoms with Gasteiger partial charge in [0.15, 0.2) is 6.10 Å². The van der Waals surface area contributed by atoms with Crippen molar-refractivity contribution in [2.45, 2.75) is 82.4 Å². The van der Waals surface area contributed by atoms with Crippen molar-refractivity contribution in [2.75, 3.05) is 6.61 Å². The highest BCUT2D eigenvalue weighted by atomic mass is 32.1. The average Bonchev–Trinajstić information content (AvgIpc) is 2.44. The third kappa shape index (κ3) is 11.0. The highest BCUT2D eigenvalue weighted by Crippen LogP contribution is 2.19. The maximum atomic E-state index is 11.5. The number of aliphatic hydroxyl groups excluding tert-OH is 2. The lowest BCUT2D eigenvalue weighted by Gasteiger charge is -2.26. The van der Waals surface area contributed by atoms with Crippen LogP contribution in [-0.4, -0.2) is 39.1 Å². The Morgan fingerprint density at radius 1 is 1.10 bits per heavy atom. The van der Waals surface area contributed by atoms with Gasteiger partial charge in [0.2, 0.25) is 0 Å². The van der Waals surface area contributed by atoms with Gasteiger partial charge in [-0.25, -0.2) is 0 Å². The average molecular weight is 322 g/mol. The van der Waals surface area contributed by atoms with Crippen molar-refractivity contribution >= 4 is 18.6 Å². The lowest BCUT2D eigenvalue weighted by Crippen LogP contribution is -2.43. The molecule has 0 radical (unpaired) electrons. The van der Waals surface area contributed by atoms with Gasteiger partial charge in [-0.05, 0) is 6.42 Å². The van der Waals surface area contributed by atoms with E-state index >= 15 is 0 Å². The maximum absolute atomic E-state index is 11.5. The number of esters is 1. The number of hydrogen-bond acceptors (Lipinski definition) is 6. The van der Waals surface area contributed by atoms with Crippen LogP contribution in [-0.2, 0) is 9.53 Å². The second kappa shape index (κ2) is 12.3. The standard InChI is InChI=1S/C15H30O5S/c1-2-3-4-5-6-7-8-9-10-11-14(18)20-15(19,21)13(17)12-16/h13,16-17,19,21H,2-12H2,1H3. The molecule has 0 fully saturated rings. The molecule has 0 saturated heterocycles. The fourth-order valence-electron chi connectivity index (χ4n) is 1.99. The molecule has 3 N–H and O–H groups in total. The first-order valence-corrected chi connectivity index (χ1v) is 8.34. The summed E-state index contributed by atoms with van der Waals surface area (Å²) in [6, 6.07) is 0. The molecule has 0 spiro atoms. The highest BCUT2D eigenvalue weighted by molar-refractivity contribution is 7.81. The molecule has 0 saturated carbocycles. The number of unbranched alkanes of at least 4 members (excludes halogenated alkanes) is 8. The minimum absolute atomic E-state index is 0.177. The first-order chi connectivity index (χ1) is 9.94. The summed E-state index contributed by atoms with van der Waals surface area (Å²) in [7, 11) is 0. The Hall–Kier alpha value is -0.300. The molecule has 0 aromatic carbocycles. The molecule has 6 heteroatoms. The third-order valence-electron chi connectivity index (χ3n) is 3.36. The van der Waals surface area contributed by atoms with E-state index in [-0.39, 0.29) is 6.42 Å². The molecule has 126 valence electrons. The van der Waals surface area contributed by atoms with E-state index in [1.54, 1.807) is 0 Å². The zero-order valence-electron chi connectivity index (χ0n) is 13.0. The Morgan fingerprint density at radius 3 is 2.05 bits per heavy atom. The van der Waals surface area contributed by atoms with E-state index in [1.165, 1.54) is 38.5 Å². The number of thiol groups is 1. The Bertz CT molecular complexity index is 271. The molecule has 0 aliphatic carbocycles. The molecular weight excluding hydrogens is 292 g/mol. The normalized spacial score (nSPS) is 15.5. The molecule has 0 aliphatic rings. The van der Waals surface area contributed by atoms with Crippen LogP contribution in [0.25, 0.3) is 0 Å². The largest absolute Gasteiger partial charge is 0.420 e. The van der Waals surface area contributed by atoms with Crippen molar-refractivity contribution < 1.29 is 24.9 Å². The van der Waals surface area contributed by atoms with E-state index in [0.29, 0.717) is 6.42 Å². The Balaban J connectivity index is 3.54. The van der Waals surface area contributed by atoms with Gasteiger partial charge in [-0.3, -0.25) is 4.79 Å². The predicted molar refractivity (Wildman–Crippen MR) is 85.0 cm³/mol. The van der Waals surface area contributed by atoms with Gasteiger partial charge >= 0.3 is 5.97 Å². The Kier molecular flexibility index (Phi) is 12.1. The molecule has 0 aromatic rings. The van der Waals surface area contributed by atoms with Crippen molar-refractivity contribution in [3.05, 3.63) is 0 Å². The molecule has 0 rings (SSSR count). The number of aliphatic hydroxyl groups is 3. The minimum atomic E-state index is -2.33. The van der Waals surface area contributed by atoms with Gasteiger partial charge in [0.05, 0.1) is 6.61 Å². The number of rotatable bonds is 13. The molecule has 0 heterocycles. The van der Waals surface area contributed by atoms with Crippen LogP contribution in [0.15, 0.2) is 0 Å². The van der Waals surface area contributed by atoms with Crippen LogP contribution in [0.4, 0.5) is 0 Å². The van der Waals surface area contributed by atoms with Crippen LogP contribution in [0.1, 0.15) is 71.1 Å². The van der Waals surface area contributed by atoms with E-state index in [4.69, 9.17) is 5.11 Å². The van der Waals surface area contributed by atoms with Crippen LogP contribution in [0, 0.1) is 0 Å². The summed E-state index contributed by atoms with van der Waals surface area (Å²) in [5, 5.41) is 25.1. The maximum Gasteiger partial charge on any atom is 0.309 e. The quantitative estimate of drug-likeness (QED) is 0.181. The van der Waals surface area contributed by atoms with E-state index < -0.39 is 23.8 Å². The van der Waals surface area contributed by atoms with Crippen LogP contribution < -0.4 is 0 Å². The van der Waals surface area contributed by atoms with Crippen molar-refractivity contribution in [1.82, 2.24) is 0 Å². The zero-order valence-corrected chi connectivity index (χ0v) is 13.9. The molecule has 0 aromatic heterocycles. The second-order valence-corrected chi connectivity index (χ2v) is 6.05. The van der Waals surface area contributed by atoms with E-state index in [9.17, 15) is 15.0 Å². The Morgan fingerprint density at radius 2 is 1.57 bits per heavy atom. The molecule has 0 amide bonds. The van der Waals surface area contributed by atoms with Gasteiger partial charge in [0, 0.05) is 6.42 Å². The SMILES string of the molecule is CCCCCCCCCCCC(=O)OC(O)(S)C(O)CO. The summed E-state index contributed by atoms with van der Waals surface area (Å²) >= 11 is 3.62. The van der Waals surface area contributed by atoms with Crippen molar-refractivity contribution in [1.29, 1.82) is 0 Å². The van der Waals surface area contributed by atoms with Crippen LogP contribution in [0.2, 0.25) is 0 Å². The van der Waals surface area contributed by atoms with Crippen LogP contribution in [0.3, 0.4) is 0 Å². The van der Waals surface area contributed by atoms with Crippen molar-refractivity contribution in [3.8, 4) is 0 Å². The van der Waals surface area contributed by atoms with Gasteiger partial charge in [-0.1, -0.05) is 70.9 Å². The fraction of sp³-hybridized carbons (Fsp3) is 0.933. The summed E-state index contributed by atoms with van der Waals surface area (Å²) < 4.78 is 4.63. The highest BCUT2D eigenvalue weighted by Gasteiger charge is 2.35. The summed E-state index contributed by atoms with van der Waals surface area (Å²) in [5.41, 5.74) is 0. The predicted octanol–water partition coefficient (Wildman–Crippen LogP) is 2.38. The Labute approximate surface area is 133 Å². The van der Waals surface area contributed by atoms with Gasteiger partial charge in [0.1, 0.15) is 0 Å². The molecule has 5 nitrogen and oxygen atoms in total. The number of ether oxygens (including phenoxy) is 1. The molecular formula is C15H30O5S. The van der Waals surface area contributed by atoms with Crippen molar-refractivity contribution in [2.24, 2.45) is 0 Å². The fourth-order valence-corrected chi connectivity index (χ4v) is 2.17. The zero-order chi connectivity index (χ0) is 16.1. The van der Waals surface area contributed by atoms with Gasteiger partial charge in [-0.15, -0.1) is 0 Å². The van der Waals surface area contributed by atoms with E-state index in [0.717, 1.165) is 12.8 Å². The molecule has 2 atom stereocenters. The smallest absolute Gasteiger partial charge is 0.309 e. The number of carbonyl (C=O) groups excluding carboxylic acids is 1. The number of hydrogen-bond donors (Lipinski definition) is 4. The summed E-state index contributed by atoms with van der Waals surface area (Å²) in [6.45, 7) is 1.47.